The molecular weight excluding hydrogens is 98.1 g/mol. The lowest BCUT2D eigenvalue weighted by atomic mass is 10.5. The third-order valence-electron chi connectivity index (χ3n) is 0.289. The van der Waals surface area contributed by atoms with E-state index in [2.05, 4.69) is 33.2 Å². The Bertz CT molecular complexity index is 16.3. The minimum atomic E-state index is 0.819. The van der Waals surface area contributed by atoms with Gasteiger partial charge in [0.25, 0.3) is 0 Å². The zero-order chi connectivity index (χ0) is 7.41. The molecule has 0 aliphatic carbocycles. The van der Waals surface area contributed by atoms with E-state index in [1.54, 1.807) is 0 Å². The van der Waals surface area contributed by atoms with Crippen molar-refractivity contribution in [1.82, 2.24) is 0 Å². The summed E-state index contributed by atoms with van der Waals surface area (Å²) in [6, 6.07) is 0. The summed E-state index contributed by atoms with van der Waals surface area (Å²) in [4.78, 5) is 0. The summed E-state index contributed by atoms with van der Waals surface area (Å²) in [5.74, 6) is 0. The van der Waals surface area contributed by atoms with Crippen molar-refractivity contribution < 1.29 is 0 Å². The monoisotopic (exact) mass is 115 g/mol. The van der Waals surface area contributed by atoms with E-state index in [4.69, 9.17) is 5.73 Å². The van der Waals surface area contributed by atoms with Gasteiger partial charge in [-0.15, -0.1) is 26.3 Å². The average molecular weight is 115 g/mol. The van der Waals surface area contributed by atoms with E-state index in [1.807, 2.05) is 0 Å². The highest BCUT2D eigenvalue weighted by molar-refractivity contribution is 4.22. The first-order chi connectivity index (χ1) is 3.91. The van der Waals surface area contributed by atoms with Crippen molar-refractivity contribution in [1.29, 1.82) is 0 Å². The van der Waals surface area contributed by atoms with Gasteiger partial charge < -0.3 is 5.73 Å². The molecule has 0 aromatic rings. The lowest BCUT2D eigenvalue weighted by Gasteiger charge is -1.70. The molecule has 1 nitrogen and oxygen atoms in total. The first-order valence-electron chi connectivity index (χ1n) is 2.62. The van der Waals surface area contributed by atoms with Crippen molar-refractivity contribution in [2.75, 3.05) is 6.54 Å². The average Bonchev–Trinajstić information content (AvgIpc) is 1.96. The van der Waals surface area contributed by atoms with Crippen LogP contribution >= 0.6 is 0 Å². The van der Waals surface area contributed by atoms with Gasteiger partial charge in [0.05, 0.1) is 0 Å². The van der Waals surface area contributed by atoms with Crippen LogP contribution in [0.4, 0.5) is 0 Å². The summed E-state index contributed by atoms with van der Waals surface area (Å²) in [7, 11) is 0. The van der Waals surface area contributed by atoms with Crippen LogP contribution in [-0.4, -0.2) is 6.54 Å². The summed E-state index contributed by atoms with van der Waals surface area (Å²) < 4.78 is 0. The molecule has 0 aliphatic rings. The van der Waals surface area contributed by atoms with Crippen LogP contribution in [0.2, 0.25) is 0 Å². The fraction of sp³-hybridized carbons (Fsp3) is 0.429. The van der Waals surface area contributed by atoms with Crippen molar-refractivity contribution in [3.05, 3.63) is 26.3 Å². The zero-order valence-corrected chi connectivity index (χ0v) is 5.82. The van der Waals surface area contributed by atoms with Crippen LogP contribution in [0.15, 0.2) is 26.3 Å². The van der Waals surface area contributed by atoms with Crippen LogP contribution in [0.25, 0.3) is 0 Å². The maximum absolute atomic E-state index is 5.03. The summed E-state index contributed by atoms with van der Waals surface area (Å²) in [5, 5.41) is 0. The Balaban J connectivity index is -0.0000000542. The van der Waals surface area contributed by atoms with Crippen LogP contribution in [-0.2, 0) is 0 Å². The Labute approximate surface area is 52.9 Å². The zero-order valence-electron chi connectivity index (χ0n) is 5.82. The Morgan fingerprint density at radius 2 is 1.25 bits per heavy atom. The summed E-state index contributed by atoms with van der Waals surface area (Å²) in [5.41, 5.74) is 5.03. The first-order valence-corrected chi connectivity index (χ1v) is 2.62. The second-order valence-corrected chi connectivity index (χ2v) is 0.789. The van der Waals surface area contributed by atoms with Crippen molar-refractivity contribution in [3.63, 3.8) is 0 Å². The molecule has 0 aliphatic heterocycles. The largest absolute Gasteiger partial charge is 0.330 e. The molecule has 0 aromatic heterocycles. The van der Waals surface area contributed by atoms with Gasteiger partial charge in [-0.1, -0.05) is 6.92 Å². The van der Waals surface area contributed by atoms with Gasteiger partial charge in [0.2, 0.25) is 0 Å². The lowest BCUT2D eigenvalue weighted by molar-refractivity contribution is 0.932. The molecule has 0 saturated heterocycles. The second-order valence-electron chi connectivity index (χ2n) is 0.789. The van der Waals surface area contributed by atoms with Crippen LogP contribution in [0.3, 0.4) is 0 Å². The van der Waals surface area contributed by atoms with Crippen LogP contribution in [0.1, 0.15) is 13.3 Å². The molecule has 0 unspecified atom stereocenters. The Morgan fingerprint density at radius 1 is 1.12 bits per heavy atom. The molecule has 0 amide bonds. The molecule has 0 spiro atoms. The summed E-state index contributed by atoms with van der Waals surface area (Å²) >= 11 is 0. The highest BCUT2D eigenvalue weighted by Crippen LogP contribution is 1.57. The van der Waals surface area contributed by atoms with Crippen molar-refractivity contribution in [2.45, 2.75) is 13.3 Å². The van der Waals surface area contributed by atoms with Gasteiger partial charge in [-0.05, 0) is 13.0 Å². The first kappa shape index (κ1) is 15.7. The molecule has 50 valence electrons. The van der Waals surface area contributed by atoms with Gasteiger partial charge in [-0.2, -0.15) is 0 Å². The van der Waals surface area contributed by atoms with Gasteiger partial charge in [0, 0.05) is 0 Å². The third kappa shape index (κ3) is 554. The number of hydrogen-bond donors (Lipinski definition) is 1. The lowest BCUT2D eigenvalue weighted by Crippen LogP contribution is -1.93. The topological polar surface area (TPSA) is 26.0 Å². The maximum atomic E-state index is 5.03. The number of rotatable bonds is 1. The van der Waals surface area contributed by atoms with Gasteiger partial charge >= 0.3 is 0 Å². The highest BCUT2D eigenvalue weighted by atomic mass is 14.5. The standard InChI is InChI=1S/C3H9N.2C2H4/c1-2-3-4;2*1-2/h2-4H2,1H3;2*1-2H2. The molecule has 0 radical (unpaired) electrons. The molecule has 0 heterocycles. The van der Waals surface area contributed by atoms with E-state index in [-0.39, 0.29) is 0 Å². The minimum Gasteiger partial charge on any atom is -0.330 e. The second kappa shape index (κ2) is 91.9. The van der Waals surface area contributed by atoms with E-state index >= 15 is 0 Å². The molecule has 0 atom stereocenters. The van der Waals surface area contributed by atoms with Crippen LogP contribution < -0.4 is 5.73 Å². The molecule has 2 N–H and O–H groups in total. The predicted molar refractivity (Wildman–Crippen MR) is 41.9 cm³/mol. The molecule has 0 bridgehead atoms. The van der Waals surface area contributed by atoms with Crippen LogP contribution in [0, 0.1) is 0 Å². The number of hydrogen-bond acceptors (Lipinski definition) is 1. The quantitative estimate of drug-likeness (QED) is 0.519. The maximum Gasteiger partial charge on any atom is -0.00799 e. The van der Waals surface area contributed by atoms with Gasteiger partial charge in [-0.25, -0.2) is 0 Å². The fourth-order valence-electron chi connectivity index (χ4n) is 0. The summed E-state index contributed by atoms with van der Waals surface area (Å²) in [6.07, 6.45) is 1.10. The van der Waals surface area contributed by atoms with E-state index in [0.717, 1.165) is 13.0 Å². The highest BCUT2D eigenvalue weighted by Gasteiger charge is 1.55. The van der Waals surface area contributed by atoms with Gasteiger partial charge in [0.1, 0.15) is 0 Å². The molecule has 0 saturated carbocycles. The fourth-order valence-corrected chi connectivity index (χ4v) is 0. The van der Waals surface area contributed by atoms with Crippen molar-refractivity contribution >= 4 is 0 Å². The Hall–Kier alpha value is -0.560. The molecule has 1 heteroatoms. The molecule has 8 heavy (non-hydrogen) atoms. The van der Waals surface area contributed by atoms with E-state index in [1.165, 1.54) is 0 Å². The van der Waals surface area contributed by atoms with Gasteiger partial charge in [0.15, 0.2) is 0 Å². The third-order valence-corrected chi connectivity index (χ3v) is 0.289. The van der Waals surface area contributed by atoms with Crippen molar-refractivity contribution in [3.8, 4) is 0 Å². The SMILES string of the molecule is C=C.C=C.CCCN. The minimum absolute atomic E-state index is 0.819. The molecular formula is C7H17N. The smallest absolute Gasteiger partial charge is 0.00799 e. The molecule has 0 rings (SSSR count). The van der Waals surface area contributed by atoms with Crippen LogP contribution in [0.5, 0.6) is 0 Å². The summed E-state index contributed by atoms with van der Waals surface area (Å²) in [6.45, 7) is 14.9. The number of nitrogens with two attached hydrogens (primary N) is 1. The normalized spacial score (nSPS) is 4.75. The van der Waals surface area contributed by atoms with E-state index in [9.17, 15) is 0 Å². The predicted octanol–water partition coefficient (Wildman–Crippen LogP) is 1.96. The Morgan fingerprint density at radius 3 is 1.25 bits per heavy atom. The molecule has 0 aromatic carbocycles. The Kier molecular flexibility index (Phi) is 180. The van der Waals surface area contributed by atoms with E-state index < -0.39 is 0 Å². The van der Waals surface area contributed by atoms with E-state index in [0.29, 0.717) is 0 Å². The van der Waals surface area contributed by atoms with Crippen molar-refractivity contribution in [2.24, 2.45) is 5.73 Å². The van der Waals surface area contributed by atoms with Gasteiger partial charge in [-0.3, -0.25) is 0 Å². The molecule has 0 fully saturated rings.